The van der Waals surface area contributed by atoms with Gasteiger partial charge in [0.1, 0.15) is 0 Å². The molecule has 2 saturated carbocycles. The minimum atomic E-state index is -0.200. The molecule has 23 heavy (non-hydrogen) atoms. The van der Waals surface area contributed by atoms with Crippen molar-refractivity contribution in [3.63, 3.8) is 0 Å². The minimum absolute atomic E-state index is 0.200. The highest BCUT2D eigenvalue weighted by molar-refractivity contribution is 4.93. The summed E-state index contributed by atoms with van der Waals surface area (Å²) in [5.74, 6) is 3.10. The summed E-state index contributed by atoms with van der Waals surface area (Å²) in [5.41, 5.74) is 0. The van der Waals surface area contributed by atoms with E-state index in [2.05, 4.69) is 9.80 Å². The third kappa shape index (κ3) is 3.92. The van der Waals surface area contributed by atoms with Crippen molar-refractivity contribution in [1.82, 2.24) is 9.80 Å². The minimum Gasteiger partial charge on any atom is -0.390 e. The van der Waals surface area contributed by atoms with E-state index in [0.29, 0.717) is 0 Å². The van der Waals surface area contributed by atoms with Crippen molar-refractivity contribution in [3.8, 4) is 0 Å². The van der Waals surface area contributed by atoms with Crippen LogP contribution in [-0.2, 0) is 4.74 Å². The van der Waals surface area contributed by atoms with Crippen LogP contribution in [0.3, 0.4) is 0 Å². The lowest BCUT2D eigenvalue weighted by atomic mass is 9.83. The van der Waals surface area contributed by atoms with Crippen LogP contribution in [0.1, 0.15) is 44.9 Å². The summed E-state index contributed by atoms with van der Waals surface area (Å²) in [6, 6.07) is 0.749. The molecular weight excluding hydrogens is 288 g/mol. The molecule has 4 rings (SSSR count). The van der Waals surface area contributed by atoms with Gasteiger partial charge in [-0.25, -0.2) is 0 Å². The summed E-state index contributed by atoms with van der Waals surface area (Å²) in [5, 5.41) is 10.5. The first kappa shape index (κ1) is 16.3. The Hall–Kier alpha value is -0.160. The zero-order chi connectivity index (χ0) is 15.6. The maximum absolute atomic E-state index is 10.5. The first-order valence-corrected chi connectivity index (χ1v) is 10.00. The molecule has 4 aliphatic rings. The number of hydrogen-bond acceptors (Lipinski definition) is 4. The molecule has 2 saturated heterocycles. The smallest absolute Gasteiger partial charge is 0.0793 e. The highest BCUT2D eigenvalue weighted by Gasteiger charge is 2.41. The molecule has 0 spiro atoms. The average molecular weight is 322 g/mol. The predicted octanol–water partition coefficient (Wildman–Crippen LogP) is 1.97. The fourth-order valence-electron chi connectivity index (χ4n) is 5.83. The molecule has 1 N–H and O–H groups in total. The average Bonchev–Trinajstić information content (AvgIpc) is 3.26. The normalized spacial score (nSPS) is 40.0. The van der Waals surface area contributed by atoms with Crippen LogP contribution >= 0.6 is 0 Å². The first-order chi connectivity index (χ1) is 11.3. The summed E-state index contributed by atoms with van der Waals surface area (Å²) < 4.78 is 5.40. The Labute approximate surface area is 141 Å². The lowest BCUT2D eigenvalue weighted by Gasteiger charge is -2.33. The van der Waals surface area contributed by atoms with Crippen molar-refractivity contribution in [3.05, 3.63) is 0 Å². The molecule has 0 aromatic carbocycles. The molecule has 2 heterocycles. The summed E-state index contributed by atoms with van der Waals surface area (Å²) in [4.78, 5) is 4.96. The highest BCUT2D eigenvalue weighted by atomic mass is 16.5. The van der Waals surface area contributed by atoms with E-state index in [1.165, 1.54) is 51.5 Å². The monoisotopic (exact) mass is 322 g/mol. The van der Waals surface area contributed by atoms with E-state index in [9.17, 15) is 5.11 Å². The number of likely N-dealkylation sites (tertiary alicyclic amines) is 1. The summed E-state index contributed by atoms with van der Waals surface area (Å²) in [7, 11) is 0. The second-order valence-corrected chi connectivity index (χ2v) is 8.53. The molecule has 0 amide bonds. The summed E-state index contributed by atoms with van der Waals surface area (Å²) >= 11 is 0. The molecular formula is C19H34N2O2. The van der Waals surface area contributed by atoms with Gasteiger partial charge in [-0.1, -0.05) is 6.42 Å². The van der Waals surface area contributed by atoms with Gasteiger partial charge in [0, 0.05) is 32.2 Å². The van der Waals surface area contributed by atoms with Crippen molar-refractivity contribution in [1.29, 1.82) is 0 Å². The first-order valence-electron chi connectivity index (χ1n) is 10.00. The Morgan fingerprint density at radius 2 is 1.87 bits per heavy atom. The molecule has 4 heteroatoms. The van der Waals surface area contributed by atoms with Gasteiger partial charge in [0.2, 0.25) is 0 Å². The Morgan fingerprint density at radius 1 is 1.00 bits per heavy atom. The fourth-order valence-corrected chi connectivity index (χ4v) is 5.83. The van der Waals surface area contributed by atoms with E-state index >= 15 is 0 Å². The van der Waals surface area contributed by atoms with E-state index in [-0.39, 0.29) is 6.10 Å². The van der Waals surface area contributed by atoms with Crippen LogP contribution < -0.4 is 0 Å². The largest absolute Gasteiger partial charge is 0.390 e. The lowest BCUT2D eigenvalue weighted by Crippen LogP contribution is -2.45. The van der Waals surface area contributed by atoms with Gasteiger partial charge in [0.15, 0.2) is 0 Å². The second kappa shape index (κ2) is 7.38. The van der Waals surface area contributed by atoms with E-state index in [1.54, 1.807) is 0 Å². The molecule has 4 nitrogen and oxygen atoms in total. The number of nitrogens with zero attached hydrogens (tertiary/aromatic N) is 2. The lowest BCUT2D eigenvalue weighted by molar-refractivity contribution is 0.00487. The van der Waals surface area contributed by atoms with Gasteiger partial charge in [-0.15, -0.1) is 0 Å². The van der Waals surface area contributed by atoms with Crippen molar-refractivity contribution in [2.75, 3.05) is 45.9 Å². The number of morpholine rings is 1. The molecule has 0 radical (unpaired) electrons. The van der Waals surface area contributed by atoms with Crippen LogP contribution in [0.2, 0.25) is 0 Å². The molecule has 0 aromatic heterocycles. The third-order valence-corrected chi connectivity index (χ3v) is 6.98. The maximum atomic E-state index is 10.5. The van der Waals surface area contributed by atoms with E-state index in [0.717, 1.165) is 63.2 Å². The van der Waals surface area contributed by atoms with Crippen molar-refractivity contribution < 1.29 is 9.84 Å². The Bertz CT molecular complexity index is 386. The molecule has 2 aliphatic carbocycles. The van der Waals surface area contributed by atoms with E-state index in [4.69, 9.17) is 4.74 Å². The van der Waals surface area contributed by atoms with Crippen LogP contribution in [-0.4, -0.2) is 73.0 Å². The van der Waals surface area contributed by atoms with Crippen molar-refractivity contribution in [2.24, 2.45) is 17.8 Å². The van der Waals surface area contributed by atoms with Gasteiger partial charge in [0.25, 0.3) is 0 Å². The standard InChI is InChI=1S/C19H34N2O2/c22-19(13-20-6-8-23-9-7-20)14-21-5-1-2-18(21)12-17-11-15-3-4-16(17)10-15/h15-19,22H,1-14H2. The van der Waals surface area contributed by atoms with Gasteiger partial charge in [-0.05, 0) is 62.8 Å². The van der Waals surface area contributed by atoms with Gasteiger partial charge >= 0.3 is 0 Å². The second-order valence-electron chi connectivity index (χ2n) is 8.53. The van der Waals surface area contributed by atoms with Crippen LogP contribution in [0.4, 0.5) is 0 Å². The summed E-state index contributed by atoms with van der Waals surface area (Å²) in [6.45, 7) is 6.50. The number of β-amino-alcohol motifs (C(OH)–C–C–N with tert-alkyl or cyclic N) is 1. The number of fused-ring (bicyclic) bond motifs is 2. The van der Waals surface area contributed by atoms with Crippen molar-refractivity contribution in [2.45, 2.75) is 57.1 Å². The Balaban J connectivity index is 1.24. The molecule has 0 aromatic rings. The van der Waals surface area contributed by atoms with Gasteiger partial charge in [-0.2, -0.15) is 0 Å². The molecule has 5 atom stereocenters. The molecule has 5 unspecified atom stereocenters. The number of rotatable bonds is 6. The molecule has 2 bridgehead atoms. The zero-order valence-corrected chi connectivity index (χ0v) is 14.5. The van der Waals surface area contributed by atoms with Crippen LogP contribution in [0, 0.1) is 17.8 Å². The van der Waals surface area contributed by atoms with Crippen LogP contribution in [0.5, 0.6) is 0 Å². The van der Waals surface area contributed by atoms with E-state index < -0.39 is 0 Å². The summed E-state index contributed by atoms with van der Waals surface area (Å²) in [6.07, 6.45) is 9.94. The number of hydrogen-bond donors (Lipinski definition) is 1. The molecule has 2 aliphatic heterocycles. The van der Waals surface area contributed by atoms with Gasteiger partial charge < -0.3 is 9.84 Å². The fraction of sp³-hybridized carbons (Fsp3) is 1.00. The van der Waals surface area contributed by atoms with Gasteiger partial charge in [0.05, 0.1) is 19.3 Å². The SMILES string of the molecule is OC(CN1CCOCC1)CN1CCCC1CC1CC2CCC1C2. The quantitative estimate of drug-likeness (QED) is 0.811. The van der Waals surface area contributed by atoms with Gasteiger partial charge in [-0.3, -0.25) is 9.80 Å². The third-order valence-electron chi connectivity index (χ3n) is 6.98. The number of aliphatic hydroxyl groups excluding tert-OH is 1. The van der Waals surface area contributed by atoms with Crippen LogP contribution in [0.15, 0.2) is 0 Å². The maximum Gasteiger partial charge on any atom is 0.0793 e. The Morgan fingerprint density at radius 3 is 2.61 bits per heavy atom. The molecule has 132 valence electrons. The van der Waals surface area contributed by atoms with E-state index in [1.807, 2.05) is 0 Å². The number of ether oxygens (including phenoxy) is 1. The number of aliphatic hydroxyl groups is 1. The predicted molar refractivity (Wildman–Crippen MR) is 91.4 cm³/mol. The topological polar surface area (TPSA) is 35.9 Å². The van der Waals surface area contributed by atoms with Crippen molar-refractivity contribution >= 4 is 0 Å². The zero-order valence-electron chi connectivity index (χ0n) is 14.5. The highest BCUT2D eigenvalue weighted by Crippen LogP contribution is 2.50. The van der Waals surface area contributed by atoms with Crippen LogP contribution in [0.25, 0.3) is 0 Å². The Kier molecular flexibility index (Phi) is 5.24. The molecule has 4 fully saturated rings.